The van der Waals surface area contributed by atoms with Crippen molar-refractivity contribution in [3.05, 3.63) is 78.0 Å². The van der Waals surface area contributed by atoms with Gasteiger partial charge in [-0.15, -0.1) is 0 Å². The van der Waals surface area contributed by atoms with E-state index in [0.717, 1.165) is 16.5 Å². The van der Waals surface area contributed by atoms with Crippen LogP contribution in [0.15, 0.2) is 66.9 Å². The molecule has 0 bridgehead atoms. The largest absolute Gasteiger partial charge is 0.454 e. The molecule has 0 aliphatic rings. The summed E-state index contributed by atoms with van der Waals surface area (Å²) >= 11 is 0. The summed E-state index contributed by atoms with van der Waals surface area (Å²) < 4.78 is 5.01. The number of aromatic nitrogens is 1. The highest BCUT2D eigenvalue weighted by atomic mass is 16.5. The number of para-hydroxylation sites is 1. The number of esters is 1. The van der Waals surface area contributed by atoms with Crippen molar-refractivity contribution < 1.29 is 14.3 Å². The van der Waals surface area contributed by atoms with E-state index in [1.165, 1.54) is 6.08 Å². The molecule has 3 rings (SSSR count). The van der Waals surface area contributed by atoms with Crippen LogP contribution in [-0.2, 0) is 9.53 Å². The summed E-state index contributed by atoms with van der Waals surface area (Å²) in [5, 5.41) is 0.827. The molecule has 1 heterocycles. The number of carbonyl (C=O) groups excluding carboxylic acids is 2. The first-order chi connectivity index (χ1) is 11.2. The maximum atomic E-state index is 12.2. The van der Waals surface area contributed by atoms with Crippen LogP contribution < -0.4 is 0 Å². The van der Waals surface area contributed by atoms with E-state index in [4.69, 9.17) is 4.74 Å². The van der Waals surface area contributed by atoms with Crippen LogP contribution in [-0.4, -0.2) is 23.3 Å². The van der Waals surface area contributed by atoms with E-state index in [1.807, 2.05) is 54.6 Å². The lowest BCUT2D eigenvalue weighted by atomic mass is 10.1. The zero-order valence-corrected chi connectivity index (χ0v) is 12.4. The van der Waals surface area contributed by atoms with Crippen LogP contribution in [0.4, 0.5) is 0 Å². The number of H-pyrrole nitrogens is 1. The van der Waals surface area contributed by atoms with Gasteiger partial charge in [0, 0.05) is 28.7 Å². The number of aromatic amines is 1. The highest BCUT2D eigenvalue weighted by Gasteiger charge is 2.13. The van der Waals surface area contributed by atoms with Crippen LogP contribution in [0.3, 0.4) is 0 Å². The van der Waals surface area contributed by atoms with Crippen LogP contribution in [0.2, 0.25) is 0 Å². The Labute approximate surface area is 133 Å². The Kier molecular flexibility index (Phi) is 4.34. The lowest BCUT2D eigenvalue weighted by molar-refractivity contribution is -0.136. The van der Waals surface area contributed by atoms with Gasteiger partial charge in [0.25, 0.3) is 0 Å². The van der Waals surface area contributed by atoms with E-state index in [0.29, 0.717) is 5.56 Å². The van der Waals surface area contributed by atoms with Gasteiger partial charge < -0.3 is 9.72 Å². The summed E-state index contributed by atoms with van der Waals surface area (Å²) in [5.74, 6) is -0.772. The third kappa shape index (κ3) is 3.55. The lowest BCUT2D eigenvalue weighted by Gasteiger charge is -2.01. The van der Waals surface area contributed by atoms with Gasteiger partial charge in [-0.05, 0) is 17.7 Å². The van der Waals surface area contributed by atoms with Gasteiger partial charge in [-0.1, -0.05) is 48.5 Å². The molecule has 3 aromatic rings. The molecular weight excluding hydrogens is 290 g/mol. The zero-order chi connectivity index (χ0) is 16.1. The first kappa shape index (κ1) is 14.8. The molecule has 23 heavy (non-hydrogen) atoms. The minimum absolute atomic E-state index is 0.232. The Morgan fingerprint density at radius 2 is 1.74 bits per heavy atom. The molecule has 0 aliphatic carbocycles. The van der Waals surface area contributed by atoms with Crippen molar-refractivity contribution in [1.29, 1.82) is 0 Å². The maximum absolute atomic E-state index is 12.2. The Morgan fingerprint density at radius 1 is 1.00 bits per heavy atom. The number of nitrogens with one attached hydrogen (secondary N) is 1. The molecule has 1 N–H and O–H groups in total. The fourth-order valence-electron chi connectivity index (χ4n) is 2.29. The van der Waals surface area contributed by atoms with Crippen molar-refractivity contribution in [3.63, 3.8) is 0 Å². The van der Waals surface area contributed by atoms with Crippen LogP contribution in [0.5, 0.6) is 0 Å². The van der Waals surface area contributed by atoms with Crippen molar-refractivity contribution in [2.24, 2.45) is 0 Å². The Hall–Kier alpha value is -3.14. The number of Topliss-reactive ketones (excluding diaryl/α,β-unsaturated/α-hetero) is 1. The van der Waals surface area contributed by atoms with Gasteiger partial charge in [0.05, 0.1) is 0 Å². The molecule has 0 spiro atoms. The third-order valence-electron chi connectivity index (χ3n) is 3.45. The summed E-state index contributed by atoms with van der Waals surface area (Å²) in [6.07, 6.45) is 4.61. The van der Waals surface area contributed by atoms with Gasteiger partial charge in [-0.2, -0.15) is 0 Å². The van der Waals surface area contributed by atoms with Crippen molar-refractivity contribution in [3.8, 4) is 0 Å². The first-order valence-electron chi connectivity index (χ1n) is 7.23. The normalized spacial score (nSPS) is 11.0. The second-order valence-corrected chi connectivity index (χ2v) is 5.02. The number of hydrogen-bond donors (Lipinski definition) is 1. The van der Waals surface area contributed by atoms with Gasteiger partial charge >= 0.3 is 5.97 Å². The van der Waals surface area contributed by atoms with Gasteiger partial charge in [0.2, 0.25) is 5.78 Å². The summed E-state index contributed by atoms with van der Waals surface area (Å²) in [6.45, 7) is -0.278. The second kappa shape index (κ2) is 6.75. The molecule has 0 amide bonds. The standard InChI is InChI=1S/C19H15NO3/c21-18(16-12-20-17-9-5-4-8-15(16)17)13-23-19(22)11-10-14-6-2-1-3-7-14/h1-12,20H,13H2. The molecule has 2 aromatic carbocycles. The molecule has 0 saturated carbocycles. The SMILES string of the molecule is O=C(C=Cc1ccccc1)OCC(=O)c1c[nH]c2ccccc12. The maximum Gasteiger partial charge on any atom is 0.331 e. The van der Waals surface area contributed by atoms with Crippen molar-refractivity contribution >= 4 is 28.7 Å². The fraction of sp³-hybridized carbons (Fsp3) is 0.0526. The van der Waals surface area contributed by atoms with Gasteiger partial charge in [0.15, 0.2) is 6.61 Å². The Bertz CT molecular complexity index is 862. The molecule has 0 unspecified atom stereocenters. The minimum Gasteiger partial charge on any atom is -0.454 e. The molecule has 0 atom stereocenters. The molecule has 0 radical (unpaired) electrons. The van der Waals surface area contributed by atoms with Crippen molar-refractivity contribution in [2.75, 3.05) is 6.61 Å². The highest BCUT2D eigenvalue weighted by Crippen LogP contribution is 2.18. The van der Waals surface area contributed by atoms with E-state index in [1.54, 1.807) is 12.3 Å². The topological polar surface area (TPSA) is 59.2 Å². The monoisotopic (exact) mass is 305 g/mol. The van der Waals surface area contributed by atoms with Crippen LogP contribution in [0.1, 0.15) is 15.9 Å². The number of rotatable bonds is 5. The average Bonchev–Trinajstić information content (AvgIpc) is 3.03. The summed E-state index contributed by atoms with van der Waals surface area (Å²) in [5.41, 5.74) is 2.30. The molecule has 1 aromatic heterocycles. The number of hydrogen-bond acceptors (Lipinski definition) is 3. The minimum atomic E-state index is -0.540. The molecule has 0 fully saturated rings. The smallest absolute Gasteiger partial charge is 0.331 e. The number of fused-ring (bicyclic) bond motifs is 1. The van der Waals surface area contributed by atoms with Crippen LogP contribution >= 0.6 is 0 Å². The molecule has 0 saturated heterocycles. The van der Waals surface area contributed by atoms with Gasteiger partial charge in [-0.25, -0.2) is 4.79 Å². The molecule has 4 heteroatoms. The van der Waals surface area contributed by atoms with Crippen LogP contribution in [0, 0.1) is 0 Å². The summed E-state index contributed by atoms with van der Waals surface area (Å²) in [7, 11) is 0. The molecule has 4 nitrogen and oxygen atoms in total. The number of benzene rings is 2. The zero-order valence-electron chi connectivity index (χ0n) is 12.4. The molecule has 114 valence electrons. The Balaban J connectivity index is 1.61. The van der Waals surface area contributed by atoms with Crippen LogP contribution in [0.25, 0.3) is 17.0 Å². The van der Waals surface area contributed by atoms with E-state index in [-0.39, 0.29) is 12.4 Å². The summed E-state index contributed by atoms with van der Waals surface area (Å²) in [4.78, 5) is 26.9. The molecular formula is C19H15NO3. The number of carbonyl (C=O) groups is 2. The van der Waals surface area contributed by atoms with Crippen molar-refractivity contribution in [2.45, 2.75) is 0 Å². The third-order valence-corrected chi connectivity index (χ3v) is 3.45. The quantitative estimate of drug-likeness (QED) is 0.445. The van der Waals surface area contributed by atoms with E-state index in [9.17, 15) is 9.59 Å². The fourth-order valence-corrected chi connectivity index (χ4v) is 2.29. The predicted molar refractivity (Wildman–Crippen MR) is 89.1 cm³/mol. The van der Waals surface area contributed by atoms with E-state index < -0.39 is 5.97 Å². The predicted octanol–water partition coefficient (Wildman–Crippen LogP) is 3.61. The molecule has 0 aliphatic heterocycles. The highest BCUT2D eigenvalue weighted by molar-refractivity contribution is 6.09. The number of ether oxygens (including phenoxy) is 1. The second-order valence-electron chi connectivity index (χ2n) is 5.02. The first-order valence-corrected chi connectivity index (χ1v) is 7.23. The summed E-state index contributed by atoms with van der Waals surface area (Å²) in [6, 6.07) is 16.9. The average molecular weight is 305 g/mol. The lowest BCUT2D eigenvalue weighted by Crippen LogP contribution is -2.12. The number of ketones is 1. The van der Waals surface area contributed by atoms with E-state index >= 15 is 0 Å². The van der Waals surface area contributed by atoms with Gasteiger partial charge in [-0.3, -0.25) is 4.79 Å². The van der Waals surface area contributed by atoms with E-state index in [2.05, 4.69) is 4.98 Å². The van der Waals surface area contributed by atoms with Gasteiger partial charge in [0.1, 0.15) is 0 Å². The van der Waals surface area contributed by atoms with Crippen molar-refractivity contribution in [1.82, 2.24) is 4.98 Å². The Morgan fingerprint density at radius 3 is 2.57 bits per heavy atom.